The lowest BCUT2D eigenvalue weighted by Crippen LogP contribution is -2.29. The molecule has 1 atom stereocenters. The van der Waals surface area contributed by atoms with Crippen LogP contribution >= 0.6 is 0 Å². The lowest BCUT2D eigenvalue weighted by molar-refractivity contribution is 0.0934. The zero-order valence-corrected chi connectivity index (χ0v) is 14.0. The van der Waals surface area contributed by atoms with Crippen LogP contribution in [-0.2, 0) is 9.84 Å². The third-order valence-electron chi connectivity index (χ3n) is 3.61. The number of benzene rings is 1. The van der Waals surface area contributed by atoms with Gasteiger partial charge in [0.15, 0.2) is 21.3 Å². The number of hydrogen-bond acceptors (Lipinski definition) is 5. The van der Waals surface area contributed by atoms with Crippen LogP contribution in [0.2, 0.25) is 0 Å². The normalized spacial score (nSPS) is 12.9. The van der Waals surface area contributed by atoms with Gasteiger partial charge in [-0.2, -0.15) is 0 Å². The minimum atomic E-state index is -3.50. The van der Waals surface area contributed by atoms with Crippen molar-refractivity contribution in [3.63, 3.8) is 0 Å². The highest BCUT2D eigenvalue weighted by atomic mass is 32.2. The number of fused-ring (bicyclic) bond motifs is 1. The maximum Gasteiger partial charge on any atom is 0.253 e. The van der Waals surface area contributed by atoms with Crippen molar-refractivity contribution in [1.82, 2.24) is 19.9 Å². The summed E-state index contributed by atoms with van der Waals surface area (Å²) >= 11 is 0. The summed E-state index contributed by atoms with van der Waals surface area (Å²) in [5, 5.41) is 10.9. The highest BCUT2D eigenvalue weighted by Gasteiger charge is 2.21. The molecule has 0 saturated heterocycles. The van der Waals surface area contributed by atoms with Gasteiger partial charge < -0.3 is 5.32 Å². The van der Waals surface area contributed by atoms with Crippen LogP contribution in [0.25, 0.3) is 5.65 Å². The lowest BCUT2D eigenvalue weighted by atomic mass is 10.2. The van der Waals surface area contributed by atoms with E-state index in [9.17, 15) is 13.2 Å². The van der Waals surface area contributed by atoms with E-state index in [0.717, 1.165) is 6.26 Å². The third-order valence-corrected chi connectivity index (χ3v) is 4.76. The molecule has 0 aliphatic rings. The molecule has 24 heavy (non-hydrogen) atoms. The Morgan fingerprint density at radius 1 is 1.12 bits per heavy atom. The summed E-state index contributed by atoms with van der Waals surface area (Å²) in [6.07, 6.45) is 2.88. The number of pyridine rings is 1. The Morgan fingerprint density at radius 3 is 2.58 bits per heavy atom. The quantitative estimate of drug-likeness (QED) is 0.776. The molecule has 0 aliphatic carbocycles. The van der Waals surface area contributed by atoms with Crippen molar-refractivity contribution in [2.45, 2.75) is 17.9 Å². The highest BCUT2D eigenvalue weighted by molar-refractivity contribution is 7.90. The van der Waals surface area contributed by atoms with Crippen LogP contribution in [0.1, 0.15) is 29.1 Å². The van der Waals surface area contributed by atoms with Crippen molar-refractivity contribution in [3.05, 3.63) is 60.0 Å². The van der Waals surface area contributed by atoms with Crippen LogP contribution in [0, 0.1) is 0 Å². The molecule has 124 valence electrons. The van der Waals surface area contributed by atoms with Gasteiger partial charge >= 0.3 is 0 Å². The standard InChI is InChI=1S/C16H16N4O3S/c1-11(15-19-18-14-9-5-6-10-20(14)15)17-16(21)12-7-3-4-8-13(12)24(2,22)23/h3-11H,1-2H3,(H,17,21)/t11-/m0/s1. The maximum absolute atomic E-state index is 12.5. The minimum Gasteiger partial charge on any atom is -0.342 e. The molecule has 0 saturated carbocycles. The Morgan fingerprint density at radius 2 is 1.83 bits per heavy atom. The van der Waals surface area contributed by atoms with Crippen LogP contribution in [0.15, 0.2) is 53.6 Å². The second-order valence-electron chi connectivity index (χ2n) is 5.45. The van der Waals surface area contributed by atoms with E-state index in [2.05, 4.69) is 15.5 Å². The molecular formula is C16H16N4O3S. The molecule has 0 fully saturated rings. The largest absolute Gasteiger partial charge is 0.342 e. The van der Waals surface area contributed by atoms with E-state index in [0.29, 0.717) is 11.5 Å². The number of aromatic nitrogens is 3. The van der Waals surface area contributed by atoms with Crippen LogP contribution < -0.4 is 5.32 Å². The van der Waals surface area contributed by atoms with Gasteiger partial charge in [-0.15, -0.1) is 10.2 Å². The van der Waals surface area contributed by atoms with Crippen LogP contribution in [-0.4, -0.2) is 35.2 Å². The molecule has 8 heteroatoms. The average molecular weight is 344 g/mol. The van der Waals surface area contributed by atoms with Gasteiger partial charge in [-0.1, -0.05) is 18.2 Å². The summed E-state index contributed by atoms with van der Waals surface area (Å²) in [4.78, 5) is 12.5. The first-order valence-corrected chi connectivity index (χ1v) is 9.16. The summed E-state index contributed by atoms with van der Waals surface area (Å²) in [5.41, 5.74) is 0.783. The molecule has 1 amide bonds. The molecule has 0 aliphatic heterocycles. The van der Waals surface area contributed by atoms with Crippen molar-refractivity contribution in [2.75, 3.05) is 6.26 Å². The topological polar surface area (TPSA) is 93.4 Å². The summed E-state index contributed by atoms with van der Waals surface area (Å²) in [6.45, 7) is 1.77. The molecule has 0 spiro atoms. The average Bonchev–Trinajstić information content (AvgIpc) is 2.98. The fraction of sp³-hybridized carbons (Fsp3) is 0.188. The first kappa shape index (κ1) is 16.1. The van der Waals surface area contributed by atoms with E-state index in [1.165, 1.54) is 12.1 Å². The molecule has 0 unspecified atom stereocenters. The molecule has 0 radical (unpaired) electrons. The van der Waals surface area contributed by atoms with E-state index in [4.69, 9.17) is 0 Å². The second kappa shape index (κ2) is 6.04. The fourth-order valence-electron chi connectivity index (χ4n) is 2.47. The van der Waals surface area contributed by atoms with Gasteiger partial charge in [-0.25, -0.2) is 8.42 Å². The number of hydrogen-bond donors (Lipinski definition) is 1. The number of rotatable bonds is 4. The van der Waals surface area contributed by atoms with E-state index >= 15 is 0 Å². The summed E-state index contributed by atoms with van der Waals surface area (Å²) in [7, 11) is -3.50. The third kappa shape index (κ3) is 3.00. The molecule has 3 rings (SSSR count). The lowest BCUT2D eigenvalue weighted by Gasteiger charge is -2.14. The first-order chi connectivity index (χ1) is 11.4. The van der Waals surface area contributed by atoms with E-state index in [-0.39, 0.29) is 10.5 Å². The molecule has 1 N–H and O–H groups in total. The van der Waals surface area contributed by atoms with Crippen molar-refractivity contribution in [2.24, 2.45) is 0 Å². The summed E-state index contributed by atoms with van der Waals surface area (Å²) < 4.78 is 25.5. The molecule has 2 aromatic heterocycles. The van der Waals surface area contributed by atoms with Crippen molar-refractivity contribution < 1.29 is 13.2 Å². The first-order valence-electron chi connectivity index (χ1n) is 7.27. The Hall–Kier alpha value is -2.74. The molecule has 0 bridgehead atoms. The monoisotopic (exact) mass is 344 g/mol. The number of nitrogens with one attached hydrogen (secondary N) is 1. The fourth-order valence-corrected chi connectivity index (χ4v) is 3.36. The van der Waals surface area contributed by atoms with Crippen molar-refractivity contribution in [3.8, 4) is 0 Å². The van der Waals surface area contributed by atoms with Crippen molar-refractivity contribution >= 4 is 21.4 Å². The predicted molar refractivity (Wildman–Crippen MR) is 88.4 cm³/mol. The predicted octanol–water partition coefficient (Wildman–Crippen LogP) is 1.62. The minimum absolute atomic E-state index is 0.000742. The number of amides is 1. The van der Waals surface area contributed by atoms with E-state index < -0.39 is 21.8 Å². The van der Waals surface area contributed by atoms with Gasteiger partial charge in [-0.05, 0) is 31.2 Å². The maximum atomic E-state index is 12.5. The summed E-state index contributed by atoms with van der Waals surface area (Å²) in [6, 6.07) is 11.2. The smallest absolute Gasteiger partial charge is 0.253 e. The Balaban J connectivity index is 1.91. The summed E-state index contributed by atoms with van der Waals surface area (Å²) in [5.74, 6) is 0.0898. The molecule has 2 heterocycles. The van der Waals surface area contributed by atoms with Gasteiger partial charge in [0, 0.05) is 12.5 Å². The van der Waals surface area contributed by atoms with Crippen LogP contribution in [0.3, 0.4) is 0 Å². The van der Waals surface area contributed by atoms with Crippen LogP contribution in [0.5, 0.6) is 0 Å². The Kier molecular flexibility index (Phi) is 4.06. The van der Waals surface area contributed by atoms with Gasteiger partial charge in [0.1, 0.15) is 0 Å². The highest BCUT2D eigenvalue weighted by Crippen LogP contribution is 2.17. The zero-order valence-electron chi connectivity index (χ0n) is 13.2. The molecular weight excluding hydrogens is 328 g/mol. The van der Waals surface area contributed by atoms with Gasteiger partial charge in [0.05, 0.1) is 16.5 Å². The molecule has 7 nitrogen and oxygen atoms in total. The van der Waals surface area contributed by atoms with Crippen LogP contribution in [0.4, 0.5) is 0 Å². The number of sulfone groups is 1. The SMILES string of the molecule is C[C@H](NC(=O)c1ccccc1S(C)(=O)=O)c1nnc2ccccn12. The Bertz CT molecular complexity index is 1010. The Labute approximate surface area is 139 Å². The van der Waals surface area contributed by atoms with E-state index in [1.807, 2.05) is 18.2 Å². The van der Waals surface area contributed by atoms with Crippen molar-refractivity contribution in [1.29, 1.82) is 0 Å². The number of nitrogens with zero attached hydrogens (tertiary/aromatic N) is 3. The van der Waals surface area contributed by atoms with Gasteiger partial charge in [-0.3, -0.25) is 9.20 Å². The second-order valence-corrected chi connectivity index (χ2v) is 7.43. The number of carbonyl (C=O) groups excluding carboxylic acids is 1. The van der Waals surface area contributed by atoms with Gasteiger partial charge in [0.25, 0.3) is 5.91 Å². The molecule has 3 aromatic rings. The van der Waals surface area contributed by atoms with E-state index in [1.54, 1.807) is 29.7 Å². The zero-order chi connectivity index (χ0) is 17.3. The number of carbonyl (C=O) groups is 1. The van der Waals surface area contributed by atoms with Gasteiger partial charge in [0.2, 0.25) is 0 Å². The molecule has 1 aromatic carbocycles.